The minimum Gasteiger partial charge on any atom is -0.308 e. The van der Waals surface area contributed by atoms with E-state index in [2.05, 4.69) is 38.1 Å². The van der Waals surface area contributed by atoms with E-state index in [-0.39, 0.29) is 0 Å². The Bertz CT molecular complexity index is 720. The Morgan fingerprint density at radius 1 is 1.20 bits per heavy atom. The first-order valence-corrected chi connectivity index (χ1v) is 11.0. The van der Waals surface area contributed by atoms with Crippen molar-refractivity contribution in [1.29, 1.82) is 0 Å². The van der Waals surface area contributed by atoms with Crippen LogP contribution >= 0.6 is 0 Å². The molecular weight excluding hydrogens is 336 g/mol. The van der Waals surface area contributed by atoms with Crippen LogP contribution in [0, 0.1) is 10.8 Å². The zero-order valence-electron chi connectivity index (χ0n) is 16.2. The molecule has 0 aromatic carbocycles. The summed E-state index contributed by atoms with van der Waals surface area (Å²) in [4.78, 5) is 0. The van der Waals surface area contributed by atoms with Crippen LogP contribution in [0.15, 0.2) is 6.07 Å². The molecule has 0 amide bonds. The number of sulfonamides is 1. The van der Waals surface area contributed by atoms with Gasteiger partial charge in [-0.15, -0.1) is 0 Å². The van der Waals surface area contributed by atoms with Crippen molar-refractivity contribution < 1.29 is 8.42 Å². The summed E-state index contributed by atoms with van der Waals surface area (Å²) in [5.41, 5.74) is 2.72. The quantitative estimate of drug-likeness (QED) is 0.886. The standard InChI is InChI=1S/C18H32N4O2S/c1-17(2)9-15(10-18(3,4)13-17)19-11-14-8-16-12-21(25(5,23)24)6-7-22(16)20-14/h8,15,19H,6-7,9-13H2,1-5H3. The average Bonchev–Trinajstić information content (AvgIpc) is 2.82. The van der Waals surface area contributed by atoms with Crippen molar-refractivity contribution in [3.63, 3.8) is 0 Å². The van der Waals surface area contributed by atoms with Crippen LogP contribution in [0.2, 0.25) is 0 Å². The molecule has 6 nitrogen and oxygen atoms in total. The third-order valence-electron chi connectivity index (χ3n) is 5.41. The molecule has 1 aromatic rings. The van der Waals surface area contributed by atoms with Gasteiger partial charge in [0.2, 0.25) is 10.0 Å². The Morgan fingerprint density at radius 2 is 1.84 bits per heavy atom. The van der Waals surface area contributed by atoms with Crippen molar-refractivity contribution in [2.45, 2.75) is 72.6 Å². The van der Waals surface area contributed by atoms with Crippen LogP contribution < -0.4 is 5.32 Å². The van der Waals surface area contributed by atoms with Crippen molar-refractivity contribution in [3.8, 4) is 0 Å². The van der Waals surface area contributed by atoms with E-state index in [0.29, 0.717) is 36.5 Å². The van der Waals surface area contributed by atoms with Crippen molar-refractivity contribution in [3.05, 3.63) is 17.5 Å². The zero-order valence-corrected chi connectivity index (χ0v) is 17.0. The van der Waals surface area contributed by atoms with Gasteiger partial charge in [-0.2, -0.15) is 9.40 Å². The molecule has 7 heteroatoms. The first-order chi connectivity index (χ1) is 11.4. The Kier molecular flexibility index (Phi) is 4.79. The molecule has 0 unspecified atom stereocenters. The molecule has 0 spiro atoms. The maximum absolute atomic E-state index is 11.7. The van der Waals surface area contributed by atoms with E-state index in [0.717, 1.165) is 17.9 Å². The van der Waals surface area contributed by atoms with E-state index < -0.39 is 10.0 Å². The van der Waals surface area contributed by atoms with E-state index in [4.69, 9.17) is 0 Å². The topological polar surface area (TPSA) is 67.2 Å². The molecule has 142 valence electrons. The second-order valence-electron chi connectivity index (χ2n) is 9.44. The largest absolute Gasteiger partial charge is 0.308 e. The molecule has 0 atom stereocenters. The highest BCUT2D eigenvalue weighted by atomic mass is 32.2. The molecule has 2 aliphatic rings. The smallest absolute Gasteiger partial charge is 0.211 e. The number of aromatic nitrogens is 2. The highest BCUT2D eigenvalue weighted by Gasteiger charge is 2.38. The van der Waals surface area contributed by atoms with Crippen LogP contribution in [0.25, 0.3) is 0 Å². The Morgan fingerprint density at radius 3 is 2.44 bits per heavy atom. The number of nitrogens with zero attached hydrogens (tertiary/aromatic N) is 3. The summed E-state index contributed by atoms with van der Waals surface area (Å²) in [6.07, 6.45) is 4.91. The van der Waals surface area contributed by atoms with Crippen LogP contribution in [-0.4, -0.2) is 41.3 Å². The summed E-state index contributed by atoms with van der Waals surface area (Å²) < 4.78 is 27.0. The normalized spacial score (nSPS) is 24.2. The number of rotatable bonds is 4. The molecular formula is C18H32N4O2S. The SMILES string of the molecule is CC1(C)CC(NCc2cc3n(n2)CCN(S(C)(=O)=O)C3)CC(C)(C)C1. The maximum Gasteiger partial charge on any atom is 0.211 e. The zero-order chi connectivity index (χ0) is 18.5. The summed E-state index contributed by atoms with van der Waals surface area (Å²) in [5, 5.41) is 8.35. The molecule has 2 heterocycles. The maximum atomic E-state index is 11.7. The van der Waals surface area contributed by atoms with E-state index in [1.165, 1.54) is 29.8 Å². The molecule has 1 fully saturated rings. The predicted octanol–water partition coefficient (Wildman–Crippen LogP) is 2.35. The third kappa shape index (κ3) is 4.63. The van der Waals surface area contributed by atoms with Crippen molar-refractivity contribution in [1.82, 2.24) is 19.4 Å². The first kappa shape index (κ1) is 18.9. The lowest BCUT2D eigenvalue weighted by molar-refractivity contribution is 0.0843. The van der Waals surface area contributed by atoms with Crippen LogP contribution in [0.3, 0.4) is 0 Å². The van der Waals surface area contributed by atoms with Gasteiger partial charge < -0.3 is 5.32 Å². The van der Waals surface area contributed by atoms with Gasteiger partial charge in [0.05, 0.1) is 30.7 Å². The minimum atomic E-state index is -3.14. The lowest BCUT2D eigenvalue weighted by Gasteiger charge is -2.45. The van der Waals surface area contributed by atoms with E-state index in [9.17, 15) is 8.42 Å². The summed E-state index contributed by atoms with van der Waals surface area (Å²) >= 11 is 0. The molecule has 1 aliphatic carbocycles. The average molecular weight is 369 g/mol. The van der Waals surface area contributed by atoms with Gasteiger partial charge in [-0.25, -0.2) is 8.42 Å². The van der Waals surface area contributed by atoms with Gasteiger partial charge in [0.1, 0.15) is 0 Å². The van der Waals surface area contributed by atoms with E-state index in [1.807, 2.05) is 10.7 Å². The van der Waals surface area contributed by atoms with Gasteiger partial charge in [0.15, 0.2) is 0 Å². The monoisotopic (exact) mass is 368 g/mol. The summed E-state index contributed by atoms with van der Waals surface area (Å²) in [7, 11) is -3.14. The van der Waals surface area contributed by atoms with Crippen LogP contribution in [0.1, 0.15) is 58.3 Å². The van der Waals surface area contributed by atoms with Gasteiger partial charge >= 0.3 is 0 Å². The Hall–Kier alpha value is -0.920. The van der Waals surface area contributed by atoms with Crippen LogP contribution in [0.5, 0.6) is 0 Å². The molecule has 0 radical (unpaired) electrons. The van der Waals surface area contributed by atoms with E-state index >= 15 is 0 Å². The molecule has 0 bridgehead atoms. The summed E-state index contributed by atoms with van der Waals surface area (Å²) in [5.74, 6) is 0. The second kappa shape index (κ2) is 6.35. The predicted molar refractivity (Wildman–Crippen MR) is 99.5 cm³/mol. The van der Waals surface area contributed by atoms with E-state index in [1.54, 1.807) is 0 Å². The van der Waals surface area contributed by atoms with Gasteiger partial charge in [0, 0.05) is 19.1 Å². The molecule has 1 aromatic heterocycles. The molecule has 0 saturated heterocycles. The van der Waals surface area contributed by atoms with Crippen molar-refractivity contribution >= 4 is 10.0 Å². The van der Waals surface area contributed by atoms with Crippen molar-refractivity contribution in [2.24, 2.45) is 10.8 Å². The number of hydrogen-bond donors (Lipinski definition) is 1. The highest BCUT2D eigenvalue weighted by molar-refractivity contribution is 7.88. The fourth-order valence-electron chi connectivity index (χ4n) is 4.91. The molecule has 1 N–H and O–H groups in total. The van der Waals surface area contributed by atoms with Gasteiger partial charge in [-0.1, -0.05) is 27.7 Å². The van der Waals surface area contributed by atoms with Crippen LogP contribution in [-0.2, 0) is 29.7 Å². The molecule has 1 aliphatic heterocycles. The third-order valence-corrected chi connectivity index (χ3v) is 6.66. The summed E-state index contributed by atoms with van der Waals surface area (Å²) in [6, 6.07) is 2.55. The Labute approximate surface area is 152 Å². The van der Waals surface area contributed by atoms with Gasteiger partial charge in [-0.3, -0.25) is 4.68 Å². The Balaban J connectivity index is 1.63. The lowest BCUT2D eigenvalue weighted by atomic mass is 9.63. The van der Waals surface area contributed by atoms with Gasteiger partial charge in [-0.05, 0) is 36.2 Å². The fraction of sp³-hybridized carbons (Fsp3) is 0.833. The highest BCUT2D eigenvalue weighted by Crippen LogP contribution is 2.45. The fourth-order valence-corrected chi connectivity index (χ4v) is 5.69. The number of hydrogen-bond acceptors (Lipinski definition) is 4. The summed E-state index contributed by atoms with van der Waals surface area (Å²) in [6.45, 7) is 11.7. The molecule has 25 heavy (non-hydrogen) atoms. The molecule has 1 saturated carbocycles. The second-order valence-corrected chi connectivity index (χ2v) is 11.4. The van der Waals surface area contributed by atoms with Crippen molar-refractivity contribution in [2.75, 3.05) is 12.8 Å². The van der Waals surface area contributed by atoms with Crippen LogP contribution in [0.4, 0.5) is 0 Å². The first-order valence-electron chi connectivity index (χ1n) is 9.18. The lowest BCUT2D eigenvalue weighted by Crippen LogP contribution is -2.43. The van der Waals surface area contributed by atoms with Gasteiger partial charge in [0.25, 0.3) is 0 Å². The number of fused-ring (bicyclic) bond motifs is 1. The minimum absolute atomic E-state index is 0.364. The number of nitrogens with one attached hydrogen (secondary N) is 1. The molecule has 3 rings (SSSR count).